The van der Waals surface area contributed by atoms with Crippen molar-refractivity contribution in [2.24, 2.45) is 4.99 Å². The first-order valence-corrected chi connectivity index (χ1v) is 11.9. The first-order valence-electron chi connectivity index (χ1n) is 10.3. The summed E-state index contributed by atoms with van der Waals surface area (Å²) < 4.78 is 31.4. The van der Waals surface area contributed by atoms with E-state index >= 15 is 0 Å². The van der Waals surface area contributed by atoms with Crippen LogP contribution < -0.4 is 10.6 Å². The van der Waals surface area contributed by atoms with Gasteiger partial charge in [-0.2, -0.15) is 4.31 Å². The SMILES string of the molecule is CCNC(=NCCCNc1ccccc1)N1CCN(S(=O)(=O)Cc2ccon2)CC1. The molecule has 164 valence electrons. The molecule has 0 amide bonds. The molecule has 1 fully saturated rings. The Balaban J connectivity index is 1.46. The number of aliphatic imine (C=N–C) groups is 1. The molecule has 9 nitrogen and oxygen atoms in total. The molecular weight excluding hydrogens is 404 g/mol. The molecule has 0 unspecified atom stereocenters. The van der Waals surface area contributed by atoms with E-state index in [4.69, 9.17) is 9.52 Å². The first-order chi connectivity index (χ1) is 14.6. The van der Waals surface area contributed by atoms with Crippen LogP contribution in [0.5, 0.6) is 0 Å². The van der Waals surface area contributed by atoms with Crippen molar-refractivity contribution >= 4 is 21.7 Å². The molecular formula is C20H30N6O3S. The summed E-state index contributed by atoms with van der Waals surface area (Å²) >= 11 is 0. The van der Waals surface area contributed by atoms with E-state index in [0.29, 0.717) is 38.4 Å². The van der Waals surface area contributed by atoms with Crippen LogP contribution in [0.2, 0.25) is 0 Å². The Labute approximate surface area is 178 Å². The largest absolute Gasteiger partial charge is 0.385 e. The standard InChI is InChI=1S/C20H30N6O3S/c1-2-21-20(23-11-6-10-22-18-7-4-3-5-8-18)25-12-14-26(15-13-25)30(27,28)17-19-9-16-29-24-19/h3-5,7-9,16,22H,2,6,10-15,17H2,1H3,(H,21,23). The van der Waals surface area contributed by atoms with E-state index in [1.54, 1.807) is 6.07 Å². The maximum atomic E-state index is 12.6. The van der Waals surface area contributed by atoms with Crippen molar-refractivity contribution in [3.05, 3.63) is 48.4 Å². The highest BCUT2D eigenvalue weighted by Crippen LogP contribution is 2.13. The monoisotopic (exact) mass is 434 g/mol. The van der Waals surface area contributed by atoms with Gasteiger partial charge in [-0.1, -0.05) is 23.4 Å². The number of piperazine rings is 1. The van der Waals surface area contributed by atoms with Gasteiger partial charge >= 0.3 is 0 Å². The van der Waals surface area contributed by atoms with E-state index in [1.165, 1.54) is 10.6 Å². The van der Waals surface area contributed by atoms with Crippen molar-refractivity contribution in [2.75, 3.05) is 51.1 Å². The number of hydrogen-bond acceptors (Lipinski definition) is 6. The van der Waals surface area contributed by atoms with Crippen LogP contribution in [-0.4, -0.2) is 74.6 Å². The zero-order valence-corrected chi connectivity index (χ0v) is 18.1. The predicted molar refractivity (Wildman–Crippen MR) is 118 cm³/mol. The topological polar surface area (TPSA) is 103 Å². The third-order valence-electron chi connectivity index (χ3n) is 4.79. The zero-order valence-electron chi connectivity index (χ0n) is 17.3. The summed E-state index contributed by atoms with van der Waals surface area (Å²) in [6.07, 6.45) is 2.30. The number of guanidine groups is 1. The molecule has 1 aromatic heterocycles. The molecule has 0 aliphatic carbocycles. The van der Waals surface area contributed by atoms with Crippen LogP contribution in [0.25, 0.3) is 0 Å². The van der Waals surface area contributed by atoms with Crippen LogP contribution >= 0.6 is 0 Å². The molecule has 10 heteroatoms. The Hall–Kier alpha value is -2.59. The van der Waals surface area contributed by atoms with Crippen LogP contribution in [0.3, 0.4) is 0 Å². The summed E-state index contributed by atoms with van der Waals surface area (Å²) in [6.45, 7) is 6.42. The Bertz CT molecular complexity index is 879. The molecule has 1 saturated heterocycles. The third kappa shape index (κ3) is 6.46. The van der Waals surface area contributed by atoms with Gasteiger partial charge in [0.25, 0.3) is 0 Å². The average molecular weight is 435 g/mol. The highest BCUT2D eigenvalue weighted by Gasteiger charge is 2.28. The van der Waals surface area contributed by atoms with E-state index in [0.717, 1.165) is 31.2 Å². The third-order valence-corrected chi connectivity index (χ3v) is 6.60. The lowest BCUT2D eigenvalue weighted by atomic mass is 10.3. The summed E-state index contributed by atoms with van der Waals surface area (Å²) in [5.41, 5.74) is 1.53. The van der Waals surface area contributed by atoms with E-state index < -0.39 is 10.0 Å². The number of para-hydroxylation sites is 1. The van der Waals surface area contributed by atoms with Crippen molar-refractivity contribution in [3.8, 4) is 0 Å². The normalized spacial score (nSPS) is 15.9. The van der Waals surface area contributed by atoms with Gasteiger partial charge in [-0.05, 0) is 25.5 Å². The molecule has 3 rings (SSSR count). The summed E-state index contributed by atoms with van der Waals surface area (Å²) in [6, 6.07) is 11.7. The van der Waals surface area contributed by atoms with Gasteiger partial charge in [0, 0.05) is 57.6 Å². The molecule has 2 aromatic rings. The maximum absolute atomic E-state index is 12.6. The highest BCUT2D eigenvalue weighted by molar-refractivity contribution is 7.88. The minimum Gasteiger partial charge on any atom is -0.385 e. The summed E-state index contributed by atoms with van der Waals surface area (Å²) in [4.78, 5) is 6.84. The highest BCUT2D eigenvalue weighted by atomic mass is 32.2. The van der Waals surface area contributed by atoms with E-state index in [-0.39, 0.29) is 5.75 Å². The minimum absolute atomic E-state index is 0.133. The smallest absolute Gasteiger partial charge is 0.220 e. The summed E-state index contributed by atoms with van der Waals surface area (Å²) in [5, 5.41) is 10.4. The van der Waals surface area contributed by atoms with Crippen LogP contribution in [0.4, 0.5) is 5.69 Å². The van der Waals surface area contributed by atoms with Crippen LogP contribution in [-0.2, 0) is 15.8 Å². The molecule has 0 radical (unpaired) electrons. The summed E-state index contributed by atoms with van der Waals surface area (Å²) in [5.74, 6) is 0.706. The molecule has 2 heterocycles. The number of anilines is 1. The number of hydrogen-bond donors (Lipinski definition) is 2. The maximum Gasteiger partial charge on any atom is 0.220 e. The van der Waals surface area contributed by atoms with Gasteiger partial charge in [0.1, 0.15) is 12.0 Å². The van der Waals surface area contributed by atoms with Crippen molar-refractivity contribution in [3.63, 3.8) is 0 Å². The second-order valence-electron chi connectivity index (χ2n) is 7.02. The van der Waals surface area contributed by atoms with Crippen LogP contribution in [0, 0.1) is 0 Å². The van der Waals surface area contributed by atoms with E-state index in [9.17, 15) is 8.42 Å². The quantitative estimate of drug-likeness (QED) is 0.351. The average Bonchev–Trinajstić information content (AvgIpc) is 3.26. The van der Waals surface area contributed by atoms with Gasteiger partial charge < -0.3 is 20.1 Å². The molecule has 30 heavy (non-hydrogen) atoms. The molecule has 0 saturated carbocycles. The number of nitrogens with zero attached hydrogens (tertiary/aromatic N) is 4. The van der Waals surface area contributed by atoms with E-state index in [1.807, 2.05) is 37.3 Å². The minimum atomic E-state index is -3.40. The van der Waals surface area contributed by atoms with Crippen molar-refractivity contribution in [1.29, 1.82) is 0 Å². The Morgan fingerprint density at radius 3 is 2.60 bits per heavy atom. The van der Waals surface area contributed by atoms with Gasteiger partial charge in [-0.3, -0.25) is 4.99 Å². The number of nitrogens with one attached hydrogen (secondary N) is 2. The van der Waals surface area contributed by atoms with Gasteiger partial charge in [-0.25, -0.2) is 8.42 Å². The van der Waals surface area contributed by atoms with Crippen molar-refractivity contribution in [1.82, 2.24) is 19.7 Å². The first kappa shape index (κ1) is 22.1. The van der Waals surface area contributed by atoms with Crippen molar-refractivity contribution in [2.45, 2.75) is 19.1 Å². The summed E-state index contributed by atoms with van der Waals surface area (Å²) in [7, 11) is -3.40. The Morgan fingerprint density at radius 2 is 1.93 bits per heavy atom. The second-order valence-corrected chi connectivity index (χ2v) is 8.98. The molecule has 1 aromatic carbocycles. The Kier molecular flexibility index (Phi) is 8.09. The lowest BCUT2D eigenvalue weighted by Gasteiger charge is -2.35. The van der Waals surface area contributed by atoms with Crippen LogP contribution in [0.15, 0.2) is 52.2 Å². The lowest BCUT2D eigenvalue weighted by molar-refractivity contribution is 0.260. The van der Waals surface area contributed by atoms with Crippen molar-refractivity contribution < 1.29 is 12.9 Å². The number of aromatic nitrogens is 1. The van der Waals surface area contributed by atoms with Gasteiger partial charge in [0.2, 0.25) is 10.0 Å². The van der Waals surface area contributed by atoms with E-state index in [2.05, 4.69) is 20.7 Å². The molecule has 2 N–H and O–H groups in total. The Morgan fingerprint density at radius 1 is 1.17 bits per heavy atom. The zero-order chi connectivity index (χ0) is 21.2. The number of sulfonamides is 1. The van der Waals surface area contributed by atoms with Gasteiger partial charge in [0.05, 0.1) is 5.69 Å². The van der Waals surface area contributed by atoms with Gasteiger partial charge in [-0.15, -0.1) is 0 Å². The fourth-order valence-corrected chi connectivity index (χ4v) is 4.67. The number of benzene rings is 1. The molecule has 0 bridgehead atoms. The molecule has 0 spiro atoms. The molecule has 1 aliphatic heterocycles. The fourth-order valence-electron chi connectivity index (χ4n) is 3.25. The fraction of sp³-hybridized carbons (Fsp3) is 0.500. The molecule has 1 aliphatic rings. The van der Waals surface area contributed by atoms with Gasteiger partial charge in [0.15, 0.2) is 5.96 Å². The lowest BCUT2D eigenvalue weighted by Crippen LogP contribution is -2.53. The second kappa shape index (κ2) is 11.0. The predicted octanol–water partition coefficient (Wildman–Crippen LogP) is 1.59. The molecule has 0 atom stereocenters. The van der Waals surface area contributed by atoms with Crippen LogP contribution in [0.1, 0.15) is 19.0 Å². The number of rotatable bonds is 9.